The minimum atomic E-state index is -1.46. The molecule has 1 aromatic heterocycles. The Balaban J connectivity index is 1.56. The van der Waals surface area contributed by atoms with Crippen LogP contribution in [0.3, 0.4) is 0 Å². The summed E-state index contributed by atoms with van der Waals surface area (Å²) in [5.74, 6) is -2.46. The van der Waals surface area contributed by atoms with E-state index in [0.717, 1.165) is 11.4 Å². The summed E-state index contributed by atoms with van der Waals surface area (Å²) in [6.07, 6.45) is 2.08. The van der Waals surface area contributed by atoms with Gasteiger partial charge in [0.1, 0.15) is 17.2 Å². The summed E-state index contributed by atoms with van der Waals surface area (Å²) in [5, 5.41) is 15.6. The monoisotopic (exact) mass is 844 g/mol. The molecular formula is C40H60N8O10S. The number of rotatable bonds is 23. The van der Waals surface area contributed by atoms with Crippen molar-refractivity contribution in [2.75, 3.05) is 46.2 Å². The Labute approximate surface area is 349 Å². The molecule has 18 nitrogen and oxygen atoms in total. The Morgan fingerprint density at radius 3 is 2.37 bits per heavy atom. The third kappa shape index (κ3) is 14.3. The maximum atomic E-state index is 14.0. The van der Waals surface area contributed by atoms with E-state index in [2.05, 4.69) is 31.6 Å². The van der Waals surface area contributed by atoms with Gasteiger partial charge in [0.15, 0.2) is 0 Å². The maximum absolute atomic E-state index is 14.0. The van der Waals surface area contributed by atoms with Crippen LogP contribution in [-0.2, 0) is 56.1 Å². The molecule has 19 heteroatoms. The first-order chi connectivity index (χ1) is 28.1. The highest BCUT2D eigenvalue weighted by Gasteiger charge is 2.42. The average molecular weight is 845 g/mol. The molecule has 0 radical (unpaired) electrons. The number of carbonyl (C=O) groups excluding carboxylic acids is 7. The fourth-order valence-electron chi connectivity index (χ4n) is 7.01. The second-order valence-corrected chi connectivity index (χ2v) is 16.0. The van der Waals surface area contributed by atoms with Gasteiger partial charge >= 0.3 is 6.09 Å². The van der Waals surface area contributed by atoms with E-state index >= 15 is 0 Å². The fraction of sp³-hybridized carbons (Fsp3) is 0.600. The number of hydrogen-bond donors (Lipinski definition) is 5. The lowest BCUT2D eigenvalue weighted by Crippen LogP contribution is -2.57. The number of methoxy groups -OCH3 is 2. The minimum Gasteiger partial charge on any atom is -0.445 e. The first-order valence-corrected chi connectivity index (χ1v) is 20.5. The van der Waals surface area contributed by atoms with Crippen LogP contribution in [0.4, 0.5) is 10.5 Å². The largest absolute Gasteiger partial charge is 0.445 e. The van der Waals surface area contributed by atoms with Gasteiger partial charge in [-0.2, -0.15) is 0 Å². The molecule has 5 N–H and O–H groups in total. The summed E-state index contributed by atoms with van der Waals surface area (Å²) in [6.45, 7) is 8.81. The van der Waals surface area contributed by atoms with Gasteiger partial charge in [0, 0.05) is 45.1 Å². The highest BCUT2D eigenvalue weighted by Crippen LogP contribution is 2.29. The van der Waals surface area contributed by atoms with Gasteiger partial charge in [0.05, 0.1) is 56.3 Å². The molecule has 1 aliphatic rings. The maximum Gasteiger partial charge on any atom is 0.408 e. The molecule has 326 valence electrons. The van der Waals surface area contributed by atoms with Crippen molar-refractivity contribution in [2.24, 2.45) is 11.8 Å². The minimum absolute atomic E-state index is 0.0208. The zero-order valence-electron chi connectivity index (χ0n) is 35.2. The Morgan fingerprint density at radius 2 is 1.76 bits per heavy atom. The van der Waals surface area contributed by atoms with E-state index in [1.807, 2.05) is 19.2 Å². The lowest BCUT2D eigenvalue weighted by Gasteiger charge is -2.39. The molecule has 6 atom stereocenters. The van der Waals surface area contributed by atoms with E-state index in [9.17, 15) is 33.6 Å². The number of nitrogens with zero attached hydrogens (tertiary/aromatic N) is 3. The molecule has 0 saturated carbocycles. The number of alkyl carbamates (subject to hydrolysis) is 1. The number of nitrogens with one attached hydrogen (secondary N) is 5. The number of anilines is 1. The van der Waals surface area contributed by atoms with Gasteiger partial charge in [-0.25, -0.2) is 9.78 Å². The zero-order chi connectivity index (χ0) is 43.7. The molecule has 59 heavy (non-hydrogen) atoms. The van der Waals surface area contributed by atoms with E-state index in [1.54, 1.807) is 56.4 Å². The van der Waals surface area contributed by atoms with Crippen molar-refractivity contribution in [1.82, 2.24) is 36.1 Å². The van der Waals surface area contributed by atoms with Crippen molar-refractivity contribution >= 4 is 59.1 Å². The molecule has 2 heterocycles. The lowest BCUT2D eigenvalue weighted by molar-refractivity contribution is -0.145. The summed E-state index contributed by atoms with van der Waals surface area (Å²) in [7, 11) is 4.66. The van der Waals surface area contributed by atoms with E-state index in [1.165, 1.54) is 37.2 Å². The predicted molar refractivity (Wildman–Crippen MR) is 220 cm³/mol. The van der Waals surface area contributed by atoms with Gasteiger partial charge in [-0.05, 0) is 50.3 Å². The first kappa shape index (κ1) is 48.2. The van der Waals surface area contributed by atoms with Crippen molar-refractivity contribution in [3.8, 4) is 0 Å². The Morgan fingerprint density at radius 1 is 1.05 bits per heavy atom. The first-order valence-electron chi connectivity index (χ1n) is 19.6. The number of benzene rings is 1. The second-order valence-electron chi connectivity index (χ2n) is 15.0. The van der Waals surface area contributed by atoms with Gasteiger partial charge < -0.3 is 50.6 Å². The van der Waals surface area contributed by atoms with Crippen LogP contribution in [0, 0.1) is 11.8 Å². The number of ether oxygens (including phenoxy) is 3. The van der Waals surface area contributed by atoms with Crippen molar-refractivity contribution in [2.45, 2.75) is 103 Å². The third-order valence-corrected chi connectivity index (χ3v) is 11.3. The quantitative estimate of drug-likeness (QED) is 0.102. The third-order valence-electron chi connectivity index (χ3n) is 10.5. The van der Waals surface area contributed by atoms with Gasteiger partial charge in [0.25, 0.3) is 0 Å². The SMILES string of the molecule is CCC(C)C(C(CC(=O)N1CCCC1C(OC)C(C)C(=O)NCc1nccs1)OC)N(C)C(=O)CNC(=O)C(C)(C)NC(=O)OCc1ccc(NC(=O)CNC=O)cc1. The van der Waals surface area contributed by atoms with Gasteiger partial charge in [-0.1, -0.05) is 39.3 Å². The zero-order valence-corrected chi connectivity index (χ0v) is 36.0. The van der Waals surface area contributed by atoms with Gasteiger partial charge in [-0.3, -0.25) is 28.8 Å². The van der Waals surface area contributed by atoms with Crippen LogP contribution in [-0.4, -0.2) is 128 Å². The molecule has 1 aliphatic heterocycles. The van der Waals surface area contributed by atoms with E-state index in [4.69, 9.17) is 14.2 Å². The van der Waals surface area contributed by atoms with Crippen molar-refractivity contribution in [3.63, 3.8) is 0 Å². The molecule has 2 aromatic rings. The molecule has 1 fully saturated rings. The van der Waals surface area contributed by atoms with Gasteiger partial charge in [-0.15, -0.1) is 11.3 Å². The van der Waals surface area contributed by atoms with E-state index in [-0.39, 0.29) is 49.9 Å². The molecule has 1 saturated heterocycles. The fourth-order valence-corrected chi connectivity index (χ4v) is 7.57. The number of amides is 7. The normalized spacial score (nSPS) is 16.4. The number of likely N-dealkylation sites (tertiary alicyclic amines) is 1. The standard InChI is InChI=1S/C40H60N8O10S/c1-9-25(2)35(30(56-7)19-33(51)48-17-10-11-29(48)36(57-8)26(3)37(53)43-21-32-42-16-18-59-32)47(6)34(52)22-44-38(54)40(4,5)46-39(55)58-23-27-12-14-28(15-13-27)45-31(50)20-41-24-49/h12-16,18,24-26,29-30,35-36H,9-11,17,19-23H2,1-8H3,(H,41,49)(H,43,53)(H,44,54)(H,45,50)(H,46,55). The molecule has 0 bridgehead atoms. The Bertz CT molecular complexity index is 1710. The van der Waals surface area contributed by atoms with Gasteiger partial charge in [0.2, 0.25) is 35.9 Å². The van der Waals surface area contributed by atoms with Crippen LogP contribution >= 0.6 is 11.3 Å². The molecule has 7 amide bonds. The molecule has 6 unspecified atom stereocenters. The van der Waals surface area contributed by atoms with Crippen molar-refractivity contribution < 1.29 is 47.8 Å². The Kier molecular flexibility index (Phi) is 19.2. The summed E-state index contributed by atoms with van der Waals surface area (Å²) < 4.78 is 17.0. The lowest BCUT2D eigenvalue weighted by atomic mass is 9.90. The van der Waals surface area contributed by atoms with Crippen molar-refractivity contribution in [1.29, 1.82) is 0 Å². The van der Waals surface area contributed by atoms with E-state index < -0.39 is 53.5 Å². The summed E-state index contributed by atoms with van der Waals surface area (Å²) in [5.41, 5.74) is -0.354. The van der Waals surface area contributed by atoms with Crippen LogP contribution in [0.15, 0.2) is 35.8 Å². The molecule has 0 spiro atoms. The topological polar surface area (TPSA) is 227 Å². The number of thiazole rings is 1. The van der Waals surface area contributed by atoms with Crippen LogP contribution in [0.2, 0.25) is 0 Å². The molecular weight excluding hydrogens is 785 g/mol. The smallest absolute Gasteiger partial charge is 0.408 e. The Hall–Kier alpha value is -5.14. The number of aromatic nitrogens is 1. The van der Waals surface area contributed by atoms with Crippen LogP contribution in [0.5, 0.6) is 0 Å². The predicted octanol–water partition coefficient (Wildman–Crippen LogP) is 2.19. The highest BCUT2D eigenvalue weighted by molar-refractivity contribution is 7.09. The highest BCUT2D eigenvalue weighted by atomic mass is 32.1. The number of likely N-dealkylation sites (N-methyl/N-ethyl adjacent to an activating group) is 1. The number of carbonyl (C=O) groups is 7. The van der Waals surface area contributed by atoms with Crippen LogP contribution in [0.1, 0.15) is 70.9 Å². The van der Waals surface area contributed by atoms with E-state index in [0.29, 0.717) is 43.6 Å². The molecule has 1 aromatic carbocycles. The summed E-state index contributed by atoms with van der Waals surface area (Å²) >= 11 is 1.45. The number of hydrogen-bond acceptors (Lipinski definition) is 12. The van der Waals surface area contributed by atoms with Crippen LogP contribution in [0.25, 0.3) is 0 Å². The summed E-state index contributed by atoms with van der Waals surface area (Å²) in [4.78, 5) is 96.2. The molecule has 0 aliphatic carbocycles. The average Bonchev–Trinajstić information content (AvgIpc) is 3.93. The van der Waals surface area contributed by atoms with Crippen LogP contribution < -0.4 is 26.6 Å². The summed E-state index contributed by atoms with van der Waals surface area (Å²) in [6, 6.07) is 5.64. The molecule has 3 rings (SSSR count). The second kappa shape index (κ2) is 23.5. The van der Waals surface area contributed by atoms with Crippen molar-refractivity contribution in [3.05, 3.63) is 46.4 Å².